The number of fused-ring (bicyclic) bond motifs is 1. The maximum atomic E-state index is 13.7. The third-order valence-electron chi connectivity index (χ3n) is 8.19. The number of aromatic nitrogens is 1. The van der Waals surface area contributed by atoms with Gasteiger partial charge in [-0.2, -0.15) is 13.2 Å². The van der Waals surface area contributed by atoms with Gasteiger partial charge in [0.1, 0.15) is 0 Å². The Balaban J connectivity index is 1.60. The SMILES string of the molecule is CCOc1cc2nc(-c3cccc(C(F)(F)F)c3)c(CN3CCC(N4CCCCC4)CC3)c(C(=O)O)c2cc1OC. The van der Waals surface area contributed by atoms with Gasteiger partial charge in [-0.25, -0.2) is 9.78 Å². The number of nitrogens with zero attached hydrogens (tertiary/aromatic N) is 3. The van der Waals surface area contributed by atoms with Crippen molar-refractivity contribution in [3.8, 4) is 22.8 Å². The molecule has 0 saturated carbocycles. The Hall–Kier alpha value is -3.37. The predicted molar refractivity (Wildman–Crippen MR) is 151 cm³/mol. The largest absolute Gasteiger partial charge is 0.493 e. The van der Waals surface area contributed by atoms with Crippen LogP contribution in [0.25, 0.3) is 22.2 Å². The molecule has 5 rings (SSSR count). The highest BCUT2D eigenvalue weighted by Crippen LogP contribution is 2.39. The van der Waals surface area contributed by atoms with E-state index in [4.69, 9.17) is 14.5 Å². The van der Waals surface area contributed by atoms with E-state index in [0.717, 1.165) is 51.2 Å². The van der Waals surface area contributed by atoms with Crippen molar-refractivity contribution in [2.75, 3.05) is 39.9 Å². The molecule has 2 fully saturated rings. The number of alkyl halides is 3. The molecule has 10 heteroatoms. The van der Waals surface area contributed by atoms with Crippen molar-refractivity contribution in [3.05, 3.63) is 53.1 Å². The van der Waals surface area contributed by atoms with Crippen LogP contribution < -0.4 is 9.47 Å². The number of carbonyl (C=O) groups is 1. The van der Waals surface area contributed by atoms with E-state index < -0.39 is 17.7 Å². The van der Waals surface area contributed by atoms with Crippen LogP contribution >= 0.6 is 0 Å². The van der Waals surface area contributed by atoms with E-state index in [-0.39, 0.29) is 23.4 Å². The average Bonchev–Trinajstić information content (AvgIpc) is 2.97. The molecule has 2 aromatic carbocycles. The molecule has 41 heavy (non-hydrogen) atoms. The number of piperidine rings is 2. The molecule has 0 atom stereocenters. The van der Waals surface area contributed by atoms with Gasteiger partial charge in [-0.3, -0.25) is 4.90 Å². The van der Waals surface area contributed by atoms with Crippen LogP contribution in [0, 0.1) is 0 Å². The second-order valence-corrected chi connectivity index (χ2v) is 10.8. The number of ether oxygens (including phenoxy) is 2. The number of methoxy groups -OCH3 is 1. The van der Waals surface area contributed by atoms with Gasteiger partial charge in [0.15, 0.2) is 11.5 Å². The molecule has 220 valence electrons. The molecule has 0 amide bonds. The highest BCUT2D eigenvalue weighted by atomic mass is 19.4. The van der Waals surface area contributed by atoms with Gasteiger partial charge in [0.2, 0.25) is 0 Å². The fraction of sp³-hybridized carbons (Fsp3) is 0.484. The number of carboxylic acid groups (broad SMARTS) is 1. The Morgan fingerprint density at radius 1 is 1.05 bits per heavy atom. The summed E-state index contributed by atoms with van der Waals surface area (Å²) in [4.78, 5) is 22.4. The van der Waals surface area contributed by atoms with Gasteiger partial charge in [-0.1, -0.05) is 18.6 Å². The molecule has 7 nitrogen and oxygen atoms in total. The van der Waals surface area contributed by atoms with Crippen LogP contribution in [0.4, 0.5) is 13.2 Å². The van der Waals surface area contributed by atoms with Crippen molar-refractivity contribution in [3.63, 3.8) is 0 Å². The molecule has 0 unspecified atom stereocenters. The van der Waals surface area contributed by atoms with Gasteiger partial charge < -0.3 is 19.5 Å². The number of hydrogen-bond donors (Lipinski definition) is 1. The summed E-state index contributed by atoms with van der Waals surface area (Å²) >= 11 is 0. The lowest BCUT2D eigenvalue weighted by Gasteiger charge is -2.40. The van der Waals surface area contributed by atoms with Gasteiger partial charge in [-0.05, 0) is 77.0 Å². The Morgan fingerprint density at radius 3 is 2.41 bits per heavy atom. The molecule has 1 N–H and O–H groups in total. The first kappa shape index (κ1) is 29.1. The lowest BCUT2D eigenvalue weighted by atomic mass is 9.94. The summed E-state index contributed by atoms with van der Waals surface area (Å²) in [5.41, 5.74) is 0.357. The quantitative estimate of drug-likeness (QED) is 0.332. The van der Waals surface area contributed by atoms with E-state index in [1.165, 1.54) is 32.4 Å². The molecule has 0 spiro atoms. The number of pyridine rings is 1. The number of benzene rings is 2. The first-order valence-corrected chi connectivity index (χ1v) is 14.2. The van der Waals surface area contributed by atoms with E-state index in [0.29, 0.717) is 40.6 Å². The Labute approximate surface area is 237 Å². The second kappa shape index (κ2) is 12.2. The zero-order valence-electron chi connectivity index (χ0n) is 23.5. The van der Waals surface area contributed by atoms with E-state index >= 15 is 0 Å². The third kappa shape index (κ3) is 6.28. The lowest BCUT2D eigenvalue weighted by Crippen LogP contribution is -2.46. The fourth-order valence-electron chi connectivity index (χ4n) is 6.17. The molecule has 1 aromatic heterocycles. The van der Waals surface area contributed by atoms with Crippen LogP contribution in [-0.4, -0.2) is 71.8 Å². The molecular weight excluding hydrogens is 535 g/mol. The van der Waals surface area contributed by atoms with Gasteiger partial charge in [0, 0.05) is 35.2 Å². The van der Waals surface area contributed by atoms with Crippen molar-refractivity contribution in [2.45, 2.75) is 57.8 Å². The van der Waals surface area contributed by atoms with Crippen molar-refractivity contribution in [1.29, 1.82) is 0 Å². The van der Waals surface area contributed by atoms with Gasteiger partial charge >= 0.3 is 12.1 Å². The summed E-state index contributed by atoms with van der Waals surface area (Å²) in [7, 11) is 1.47. The topological polar surface area (TPSA) is 75.1 Å². The van der Waals surface area contributed by atoms with Crippen molar-refractivity contribution in [2.24, 2.45) is 0 Å². The summed E-state index contributed by atoms with van der Waals surface area (Å²) < 4.78 is 52.2. The Bertz CT molecular complexity index is 1400. The molecular formula is C31H36F3N3O4. The summed E-state index contributed by atoms with van der Waals surface area (Å²) in [6.07, 6.45) is 1.10. The highest BCUT2D eigenvalue weighted by molar-refractivity contribution is 6.06. The summed E-state index contributed by atoms with van der Waals surface area (Å²) in [6.45, 7) is 6.20. The molecule has 2 aliphatic rings. The van der Waals surface area contributed by atoms with Crippen LogP contribution in [0.15, 0.2) is 36.4 Å². The first-order valence-electron chi connectivity index (χ1n) is 14.2. The van der Waals surface area contributed by atoms with E-state index in [2.05, 4.69) is 9.80 Å². The maximum Gasteiger partial charge on any atom is 0.416 e. The molecule has 3 aromatic rings. The molecule has 0 bridgehead atoms. The van der Waals surface area contributed by atoms with Crippen LogP contribution in [0.3, 0.4) is 0 Å². The third-order valence-corrected chi connectivity index (χ3v) is 8.19. The van der Waals surface area contributed by atoms with Crippen molar-refractivity contribution < 1.29 is 32.5 Å². The number of aromatic carboxylic acids is 1. The first-order chi connectivity index (χ1) is 19.7. The maximum absolute atomic E-state index is 13.7. The van der Waals surface area contributed by atoms with Crippen LogP contribution in [-0.2, 0) is 12.7 Å². The normalized spacial score (nSPS) is 17.6. The van der Waals surface area contributed by atoms with Crippen LogP contribution in [0.5, 0.6) is 11.5 Å². The standard InChI is InChI=1S/C31H36F3N3O4/c1-3-41-27-18-25-23(17-26(27)40-2)28(30(38)39)24(29(35-25)20-8-7-9-21(16-20)31(32,33)34)19-36-14-10-22(11-15-36)37-12-5-4-6-13-37/h7-9,16-18,22H,3-6,10-15,19H2,1-2H3,(H,38,39). The average molecular weight is 572 g/mol. The molecule has 3 heterocycles. The summed E-state index contributed by atoms with van der Waals surface area (Å²) in [6, 6.07) is 8.62. The predicted octanol–water partition coefficient (Wildman–Crippen LogP) is 6.48. The number of carboxylic acids is 1. The van der Waals surface area contributed by atoms with Gasteiger partial charge in [0.25, 0.3) is 0 Å². The second-order valence-electron chi connectivity index (χ2n) is 10.8. The minimum absolute atomic E-state index is 0.0157. The number of rotatable bonds is 8. The number of halogens is 3. The molecule has 0 radical (unpaired) electrons. The monoisotopic (exact) mass is 571 g/mol. The van der Waals surface area contributed by atoms with E-state index in [1.54, 1.807) is 18.2 Å². The smallest absolute Gasteiger partial charge is 0.416 e. The fourth-order valence-corrected chi connectivity index (χ4v) is 6.17. The van der Waals surface area contributed by atoms with Crippen molar-refractivity contribution in [1.82, 2.24) is 14.8 Å². The van der Waals surface area contributed by atoms with E-state index in [1.807, 2.05) is 6.92 Å². The summed E-state index contributed by atoms with van der Waals surface area (Å²) in [5, 5.41) is 10.8. The van der Waals surface area contributed by atoms with E-state index in [9.17, 15) is 23.1 Å². The zero-order chi connectivity index (χ0) is 29.1. The Kier molecular flexibility index (Phi) is 8.70. The number of hydrogen-bond acceptors (Lipinski definition) is 6. The van der Waals surface area contributed by atoms with Crippen LogP contribution in [0.1, 0.15) is 60.5 Å². The Morgan fingerprint density at radius 2 is 1.78 bits per heavy atom. The molecule has 0 aliphatic carbocycles. The molecule has 2 aliphatic heterocycles. The number of likely N-dealkylation sites (tertiary alicyclic amines) is 2. The zero-order valence-corrected chi connectivity index (χ0v) is 23.5. The van der Waals surface area contributed by atoms with Crippen LogP contribution in [0.2, 0.25) is 0 Å². The minimum Gasteiger partial charge on any atom is -0.493 e. The lowest BCUT2D eigenvalue weighted by molar-refractivity contribution is -0.137. The van der Waals surface area contributed by atoms with Crippen molar-refractivity contribution >= 4 is 16.9 Å². The van der Waals surface area contributed by atoms with Gasteiger partial charge in [-0.15, -0.1) is 0 Å². The van der Waals surface area contributed by atoms with Gasteiger partial charge in [0.05, 0.1) is 36.1 Å². The minimum atomic E-state index is -4.55. The summed E-state index contributed by atoms with van der Waals surface area (Å²) in [5.74, 6) is -0.423. The highest BCUT2D eigenvalue weighted by Gasteiger charge is 2.32. The molecule has 2 saturated heterocycles.